The van der Waals surface area contributed by atoms with Gasteiger partial charge >= 0.3 is 0 Å². The van der Waals surface area contributed by atoms with E-state index in [0.29, 0.717) is 35.3 Å². The number of hydrogen-bond donors (Lipinski definition) is 2. The first kappa shape index (κ1) is 17.4. The van der Waals surface area contributed by atoms with Crippen LogP contribution in [-0.4, -0.2) is 26.4 Å². The van der Waals surface area contributed by atoms with Crippen molar-refractivity contribution in [3.8, 4) is 5.75 Å². The Hall–Kier alpha value is -2.44. The molecule has 0 saturated heterocycles. The molecule has 0 radical (unpaired) electrons. The normalized spacial score (nSPS) is 11.4. The molecule has 0 aliphatic heterocycles. The highest BCUT2D eigenvalue weighted by molar-refractivity contribution is 9.10. The summed E-state index contributed by atoms with van der Waals surface area (Å²) in [5, 5.41) is 19.6. The number of hydrogen-bond acceptors (Lipinski definition) is 4. The molecule has 0 aliphatic carbocycles. The minimum atomic E-state index is -0.142. The molecule has 0 fully saturated rings. The lowest BCUT2D eigenvalue weighted by Crippen LogP contribution is -2.24. The Labute approximate surface area is 153 Å². The summed E-state index contributed by atoms with van der Waals surface area (Å²) in [4.78, 5) is 17.3. The Morgan fingerprint density at radius 2 is 1.96 bits per heavy atom. The molecule has 3 aromatic rings. The number of benzene rings is 2. The van der Waals surface area contributed by atoms with Gasteiger partial charge in [0, 0.05) is 23.2 Å². The van der Waals surface area contributed by atoms with E-state index in [9.17, 15) is 9.90 Å². The van der Waals surface area contributed by atoms with Crippen LogP contribution in [0, 0.1) is 0 Å². The Morgan fingerprint density at radius 3 is 2.76 bits per heavy atom. The molecule has 0 bridgehead atoms. The van der Waals surface area contributed by atoms with Crippen LogP contribution in [0.15, 0.2) is 51.7 Å². The molecule has 2 aromatic carbocycles. The van der Waals surface area contributed by atoms with Crippen molar-refractivity contribution in [3.05, 3.63) is 68.7 Å². The van der Waals surface area contributed by atoms with Crippen molar-refractivity contribution in [3.63, 3.8) is 0 Å². The fourth-order valence-corrected chi connectivity index (χ4v) is 2.96. The summed E-state index contributed by atoms with van der Waals surface area (Å²) in [6.45, 7) is 0.367. The van der Waals surface area contributed by atoms with E-state index >= 15 is 0 Å². The third kappa shape index (κ3) is 3.81. The van der Waals surface area contributed by atoms with Crippen molar-refractivity contribution in [2.45, 2.75) is 13.0 Å². The third-order valence-corrected chi connectivity index (χ3v) is 4.33. The monoisotopic (exact) mass is 400 g/mol. The van der Waals surface area contributed by atoms with E-state index in [0.717, 1.165) is 4.47 Å². The van der Waals surface area contributed by atoms with Gasteiger partial charge in [0.05, 0.1) is 10.9 Å². The zero-order valence-corrected chi connectivity index (χ0v) is 15.0. The van der Waals surface area contributed by atoms with Crippen LogP contribution in [0.1, 0.15) is 17.8 Å². The Kier molecular flexibility index (Phi) is 5.31. The molecule has 6 heteroatoms. The standard InChI is InChI=1S/C19H17BrN2O3/c20-14-7-8-17(24)13(12-14)6-9-18-21-16-5-2-1-4-15(16)19(25)22(18)10-3-11-23/h1-2,4-9,12,23-24H,3,10-11H2. The molecular formula is C19H17BrN2O3. The maximum atomic E-state index is 12.7. The maximum Gasteiger partial charge on any atom is 0.261 e. The van der Waals surface area contributed by atoms with Crippen LogP contribution in [0.2, 0.25) is 0 Å². The second-order valence-corrected chi connectivity index (χ2v) is 6.47. The average molecular weight is 401 g/mol. The number of aliphatic hydroxyl groups is 1. The number of rotatable bonds is 5. The zero-order valence-electron chi connectivity index (χ0n) is 13.4. The molecule has 25 heavy (non-hydrogen) atoms. The highest BCUT2D eigenvalue weighted by atomic mass is 79.9. The fraction of sp³-hybridized carbons (Fsp3) is 0.158. The minimum Gasteiger partial charge on any atom is -0.507 e. The molecule has 5 nitrogen and oxygen atoms in total. The van der Waals surface area contributed by atoms with Crippen LogP contribution in [0.4, 0.5) is 0 Å². The van der Waals surface area contributed by atoms with Gasteiger partial charge in [-0.05, 0) is 48.9 Å². The highest BCUT2D eigenvalue weighted by Gasteiger charge is 2.09. The van der Waals surface area contributed by atoms with E-state index in [1.165, 1.54) is 0 Å². The van der Waals surface area contributed by atoms with Gasteiger partial charge in [-0.2, -0.15) is 0 Å². The molecular weight excluding hydrogens is 384 g/mol. The van der Waals surface area contributed by atoms with Crippen molar-refractivity contribution >= 4 is 39.0 Å². The molecule has 0 unspecified atom stereocenters. The number of halogens is 1. The van der Waals surface area contributed by atoms with Crippen LogP contribution in [0.25, 0.3) is 23.1 Å². The molecule has 3 rings (SSSR count). The van der Waals surface area contributed by atoms with Crippen LogP contribution in [0.3, 0.4) is 0 Å². The zero-order chi connectivity index (χ0) is 17.8. The van der Waals surface area contributed by atoms with Crippen LogP contribution in [0.5, 0.6) is 5.75 Å². The molecule has 2 N–H and O–H groups in total. The summed E-state index contributed by atoms with van der Waals surface area (Å²) in [6, 6.07) is 12.3. The SMILES string of the molecule is O=c1c2ccccc2nc(C=Cc2cc(Br)ccc2O)n1CCCO. The van der Waals surface area contributed by atoms with Crippen molar-refractivity contribution < 1.29 is 10.2 Å². The number of fused-ring (bicyclic) bond motifs is 1. The summed E-state index contributed by atoms with van der Waals surface area (Å²) < 4.78 is 2.39. The summed E-state index contributed by atoms with van der Waals surface area (Å²) in [5.41, 5.74) is 1.09. The van der Waals surface area contributed by atoms with Crippen molar-refractivity contribution in [2.24, 2.45) is 0 Å². The van der Waals surface area contributed by atoms with Gasteiger partial charge in [-0.3, -0.25) is 9.36 Å². The quantitative estimate of drug-likeness (QED) is 0.687. The number of phenols is 1. The summed E-state index contributed by atoms with van der Waals surface area (Å²) in [6.07, 6.45) is 3.88. The Bertz CT molecular complexity index is 996. The number of nitrogens with zero attached hydrogens (tertiary/aromatic N) is 2. The second kappa shape index (κ2) is 7.63. The van der Waals surface area contributed by atoms with E-state index in [4.69, 9.17) is 5.11 Å². The second-order valence-electron chi connectivity index (χ2n) is 5.56. The molecule has 0 saturated carbocycles. The molecule has 0 spiro atoms. The predicted octanol–water partition coefficient (Wildman–Crippen LogP) is 3.42. The van der Waals surface area contributed by atoms with Gasteiger partial charge < -0.3 is 10.2 Å². The van der Waals surface area contributed by atoms with E-state index in [1.807, 2.05) is 6.07 Å². The molecule has 0 amide bonds. The molecule has 128 valence electrons. The third-order valence-electron chi connectivity index (χ3n) is 3.83. The van der Waals surface area contributed by atoms with Gasteiger partial charge in [0.25, 0.3) is 5.56 Å². The van der Waals surface area contributed by atoms with Gasteiger partial charge in [-0.15, -0.1) is 0 Å². The van der Waals surface area contributed by atoms with Gasteiger partial charge in [0.1, 0.15) is 11.6 Å². The Balaban J connectivity index is 2.11. The average Bonchev–Trinajstić information content (AvgIpc) is 2.62. The number of aromatic hydroxyl groups is 1. The minimum absolute atomic E-state index is 0.00512. The largest absolute Gasteiger partial charge is 0.507 e. The van der Waals surface area contributed by atoms with Crippen molar-refractivity contribution in [1.82, 2.24) is 9.55 Å². The first-order valence-electron chi connectivity index (χ1n) is 7.87. The molecule has 0 atom stereocenters. The summed E-state index contributed by atoms with van der Waals surface area (Å²) >= 11 is 3.37. The molecule has 1 aromatic heterocycles. The van der Waals surface area contributed by atoms with Crippen LogP contribution in [-0.2, 0) is 6.54 Å². The molecule has 1 heterocycles. The Morgan fingerprint density at radius 1 is 1.16 bits per heavy atom. The number of phenolic OH excluding ortho intramolecular Hbond substituents is 1. The smallest absolute Gasteiger partial charge is 0.261 e. The highest BCUT2D eigenvalue weighted by Crippen LogP contribution is 2.23. The fourth-order valence-electron chi connectivity index (χ4n) is 2.58. The molecule has 0 aliphatic rings. The van der Waals surface area contributed by atoms with Gasteiger partial charge in [0.15, 0.2) is 0 Å². The lowest BCUT2D eigenvalue weighted by molar-refractivity contribution is 0.278. The summed E-state index contributed by atoms with van der Waals surface area (Å²) in [5.74, 6) is 0.626. The lowest BCUT2D eigenvalue weighted by atomic mass is 10.2. The first-order chi connectivity index (χ1) is 12.1. The van der Waals surface area contributed by atoms with E-state index < -0.39 is 0 Å². The number of para-hydroxylation sites is 1. The number of aliphatic hydroxyl groups excluding tert-OH is 1. The van der Waals surface area contributed by atoms with Gasteiger partial charge in [-0.1, -0.05) is 28.1 Å². The first-order valence-corrected chi connectivity index (χ1v) is 8.66. The topological polar surface area (TPSA) is 75.3 Å². The van der Waals surface area contributed by atoms with Crippen LogP contribution >= 0.6 is 15.9 Å². The number of aromatic nitrogens is 2. The van der Waals surface area contributed by atoms with Crippen LogP contribution < -0.4 is 5.56 Å². The predicted molar refractivity (Wildman–Crippen MR) is 102 cm³/mol. The maximum absolute atomic E-state index is 12.7. The van der Waals surface area contributed by atoms with Gasteiger partial charge in [0.2, 0.25) is 0 Å². The van der Waals surface area contributed by atoms with Gasteiger partial charge in [-0.25, -0.2) is 4.98 Å². The summed E-state index contributed by atoms with van der Waals surface area (Å²) in [7, 11) is 0. The van der Waals surface area contributed by atoms with E-state index in [2.05, 4.69) is 20.9 Å². The lowest BCUT2D eigenvalue weighted by Gasteiger charge is -2.10. The van der Waals surface area contributed by atoms with Crippen molar-refractivity contribution in [2.75, 3.05) is 6.61 Å². The van der Waals surface area contributed by atoms with E-state index in [-0.39, 0.29) is 17.9 Å². The van der Waals surface area contributed by atoms with E-state index in [1.54, 1.807) is 53.1 Å². The van der Waals surface area contributed by atoms with Crippen molar-refractivity contribution in [1.29, 1.82) is 0 Å².